The van der Waals surface area contributed by atoms with E-state index >= 15 is 0 Å². The fourth-order valence-electron chi connectivity index (χ4n) is 4.09. The van der Waals surface area contributed by atoms with Gasteiger partial charge < -0.3 is 20.7 Å². The molecule has 3 aromatic heterocycles. The van der Waals surface area contributed by atoms with E-state index in [9.17, 15) is 9.59 Å². The summed E-state index contributed by atoms with van der Waals surface area (Å²) >= 11 is 0. The zero-order chi connectivity index (χ0) is 23.5. The van der Waals surface area contributed by atoms with Crippen molar-refractivity contribution in [3.63, 3.8) is 0 Å². The van der Waals surface area contributed by atoms with E-state index in [-0.39, 0.29) is 29.2 Å². The number of carbonyl (C=O) groups is 2. The molecule has 1 aliphatic rings. The first-order valence-corrected chi connectivity index (χ1v) is 10.3. The summed E-state index contributed by atoms with van der Waals surface area (Å²) in [7, 11) is 3.28. The molecular formula is C22H24N8O3. The van der Waals surface area contributed by atoms with Crippen LogP contribution in [0.3, 0.4) is 0 Å². The number of primary amides is 1. The minimum absolute atomic E-state index is 0.138. The van der Waals surface area contributed by atoms with Crippen LogP contribution in [0.5, 0.6) is 0 Å². The average molecular weight is 448 g/mol. The van der Waals surface area contributed by atoms with Crippen LogP contribution in [0, 0.1) is 11.8 Å². The Morgan fingerprint density at radius 3 is 2.94 bits per heavy atom. The van der Waals surface area contributed by atoms with E-state index in [2.05, 4.69) is 38.9 Å². The molecule has 1 fully saturated rings. The molecule has 0 spiro atoms. The first-order valence-electron chi connectivity index (χ1n) is 10.3. The summed E-state index contributed by atoms with van der Waals surface area (Å²) in [5.41, 5.74) is 7.48. The molecule has 1 aliphatic heterocycles. The Kier molecular flexibility index (Phi) is 6.10. The predicted molar refractivity (Wildman–Crippen MR) is 120 cm³/mol. The topological polar surface area (TPSA) is 133 Å². The van der Waals surface area contributed by atoms with Gasteiger partial charge in [-0.15, -0.1) is 0 Å². The summed E-state index contributed by atoms with van der Waals surface area (Å²) in [5, 5.41) is 11.7. The Bertz CT molecular complexity index is 1280. The van der Waals surface area contributed by atoms with Crippen molar-refractivity contribution in [3.05, 3.63) is 54.1 Å². The van der Waals surface area contributed by atoms with Gasteiger partial charge in [-0.1, -0.05) is 12.5 Å². The van der Waals surface area contributed by atoms with Gasteiger partial charge in [0, 0.05) is 32.5 Å². The van der Waals surface area contributed by atoms with Crippen LogP contribution in [0.1, 0.15) is 34.1 Å². The van der Waals surface area contributed by atoms with Gasteiger partial charge in [0.15, 0.2) is 11.3 Å². The van der Waals surface area contributed by atoms with Crippen molar-refractivity contribution in [1.29, 1.82) is 0 Å². The monoisotopic (exact) mass is 448 g/mol. The maximum Gasteiger partial charge on any atom is 0.255 e. The lowest BCUT2D eigenvalue weighted by Gasteiger charge is -2.22. The number of hydrogen-bond acceptors (Lipinski definition) is 7. The van der Waals surface area contributed by atoms with Crippen LogP contribution >= 0.6 is 0 Å². The number of hydrogen-bond donors (Lipinski definition) is 2. The van der Waals surface area contributed by atoms with Crippen molar-refractivity contribution in [1.82, 2.24) is 29.3 Å². The molecule has 3 N–H and O–H groups in total. The van der Waals surface area contributed by atoms with Gasteiger partial charge in [-0.05, 0) is 30.6 Å². The Balaban J connectivity index is 1.72. The molecule has 1 unspecified atom stereocenters. The van der Waals surface area contributed by atoms with E-state index in [0.717, 1.165) is 0 Å². The summed E-state index contributed by atoms with van der Waals surface area (Å²) in [5.74, 6) is 5.61. The number of ether oxygens (including phenoxy) is 1. The zero-order valence-corrected chi connectivity index (χ0v) is 18.4. The van der Waals surface area contributed by atoms with Gasteiger partial charge >= 0.3 is 0 Å². The molecule has 0 saturated carbocycles. The minimum Gasteiger partial charge on any atom is -0.383 e. The molecule has 4 heterocycles. The van der Waals surface area contributed by atoms with Gasteiger partial charge in [0.25, 0.3) is 5.91 Å². The highest BCUT2D eigenvalue weighted by Crippen LogP contribution is 2.32. The van der Waals surface area contributed by atoms with E-state index in [1.54, 1.807) is 46.6 Å². The number of methoxy groups -OCH3 is 1. The first-order chi connectivity index (χ1) is 16.0. The molecule has 0 radical (unpaired) electrons. The smallest absolute Gasteiger partial charge is 0.255 e. The van der Waals surface area contributed by atoms with Crippen molar-refractivity contribution in [2.24, 2.45) is 5.73 Å². The van der Waals surface area contributed by atoms with Gasteiger partial charge in [-0.25, -0.2) is 14.2 Å². The molecule has 11 nitrogen and oxygen atoms in total. The van der Waals surface area contributed by atoms with Gasteiger partial charge in [-0.3, -0.25) is 9.59 Å². The van der Waals surface area contributed by atoms with Crippen molar-refractivity contribution < 1.29 is 14.3 Å². The summed E-state index contributed by atoms with van der Waals surface area (Å²) in [6, 6.07) is 3.24. The average Bonchev–Trinajstić information content (AvgIpc) is 3.53. The number of aromatic nitrogens is 5. The highest BCUT2D eigenvalue weighted by atomic mass is 16.5. The standard InChI is InChI=1S/C22H24N8O3/c1-4-19(31)28-11-15(10-16(28)12-33-3)30-22(24-2)20(21(23)32)17(27-30)6-5-14-7-8-29-18(9-14)25-13-26-29/h4,7-9,13,15-16,24H,1,10-12H2,2-3H3,(H2,23,32)/t15?,16-/m1/s1. The van der Waals surface area contributed by atoms with E-state index in [1.807, 2.05) is 0 Å². The molecular weight excluding hydrogens is 424 g/mol. The first kappa shape index (κ1) is 22.0. The Hall–Kier alpha value is -4.17. The molecule has 33 heavy (non-hydrogen) atoms. The number of nitrogens with zero attached hydrogens (tertiary/aromatic N) is 6. The number of rotatable bonds is 6. The third-order valence-corrected chi connectivity index (χ3v) is 5.55. The number of carbonyl (C=O) groups excluding carboxylic acids is 2. The second-order valence-corrected chi connectivity index (χ2v) is 7.55. The summed E-state index contributed by atoms with van der Waals surface area (Å²) < 4.78 is 8.60. The van der Waals surface area contributed by atoms with Crippen LogP contribution in [0.2, 0.25) is 0 Å². The molecule has 4 rings (SSSR count). The van der Waals surface area contributed by atoms with Crippen molar-refractivity contribution in [2.75, 3.05) is 32.6 Å². The molecule has 0 aliphatic carbocycles. The number of fused-ring (bicyclic) bond motifs is 1. The van der Waals surface area contributed by atoms with E-state index in [0.29, 0.717) is 36.6 Å². The van der Waals surface area contributed by atoms with E-state index < -0.39 is 5.91 Å². The van der Waals surface area contributed by atoms with Crippen LogP contribution < -0.4 is 11.1 Å². The lowest BCUT2D eigenvalue weighted by Crippen LogP contribution is -2.37. The number of nitrogens with one attached hydrogen (secondary N) is 1. The predicted octanol–water partition coefficient (Wildman–Crippen LogP) is 0.441. The molecule has 2 amide bonds. The normalized spacial score (nSPS) is 17.6. The molecule has 2 atom stereocenters. The number of amides is 2. The van der Waals surface area contributed by atoms with Crippen molar-refractivity contribution >= 4 is 23.3 Å². The second kappa shape index (κ2) is 9.13. The highest BCUT2D eigenvalue weighted by Gasteiger charge is 2.37. The van der Waals surface area contributed by atoms with Gasteiger partial charge in [0.2, 0.25) is 5.91 Å². The third-order valence-electron chi connectivity index (χ3n) is 5.55. The molecule has 0 bridgehead atoms. The lowest BCUT2D eigenvalue weighted by atomic mass is 10.1. The highest BCUT2D eigenvalue weighted by molar-refractivity contribution is 6.00. The van der Waals surface area contributed by atoms with Crippen LogP contribution in [0.15, 0.2) is 37.3 Å². The van der Waals surface area contributed by atoms with Crippen LogP contribution in [0.25, 0.3) is 5.65 Å². The molecule has 3 aromatic rings. The number of likely N-dealkylation sites (tertiary alicyclic amines) is 1. The van der Waals surface area contributed by atoms with Crippen molar-refractivity contribution in [2.45, 2.75) is 18.5 Å². The number of pyridine rings is 1. The Morgan fingerprint density at radius 2 is 2.24 bits per heavy atom. The summed E-state index contributed by atoms with van der Waals surface area (Å²) in [6.45, 7) is 4.36. The van der Waals surface area contributed by atoms with Gasteiger partial charge in [0.05, 0.1) is 18.7 Å². The van der Waals surface area contributed by atoms with Crippen LogP contribution in [0.4, 0.5) is 5.82 Å². The summed E-state index contributed by atoms with van der Waals surface area (Å²) in [6.07, 6.45) is 5.08. The fraction of sp³-hybridized carbons (Fsp3) is 0.318. The largest absolute Gasteiger partial charge is 0.383 e. The van der Waals surface area contributed by atoms with Gasteiger partial charge in [0.1, 0.15) is 17.7 Å². The molecule has 1 saturated heterocycles. The second-order valence-electron chi connectivity index (χ2n) is 7.55. The fourth-order valence-corrected chi connectivity index (χ4v) is 4.09. The lowest BCUT2D eigenvalue weighted by molar-refractivity contribution is -0.127. The number of nitrogens with two attached hydrogens (primary N) is 1. The summed E-state index contributed by atoms with van der Waals surface area (Å²) in [4.78, 5) is 30.5. The van der Waals surface area contributed by atoms with Crippen LogP contribution in [-0.2, 0) is 9.53 Å². The Labute approximate surface area is 190 Å². The molecule has 170 valence electrons. The maximum absolute atomic E-state index is 12.3. The van der Waals surface area contributed by atoms with E-state index in [4.69, 9.17) is 10.5 Å². The van der Waals surface area contributed by atoms with Crippen molar-refractivity contribution in [3.8, 4) is 11.8 Å². The van der Waals surface area contributed by atoms with Gasteiger partial charge in [-0.2, -0.15) is 10.2 Å². The minimum atomic E-state index is -0.645. The Morgan fingerprint density at radius 1 is 1.42 bits per heavy atom. The maximum atomic E-state index is 12.3. The SMILES string of the molecule is C=CC(=O)N1CC(n2nc(C#Cc3ccn4ncnc4c3)c(C(N)=O)c2NC)C[C@@H]1COC. The van der Waals surface area contributed by atoms with Crippen LogP contribution in [-0.4, -0.2) is 74.4 Å². The van der Waals surface area contributed by atoms with E-state index in [1.165, 1.54) is 12.4 Å². The molecule has 11 heteroatoms. The third kappa shape index (κ3) is 4.16. The zero-order valence-electron chi connectivity index (χ0n) is 18.4. The molecule has 0 aromatic carbocycles. The number of anilines is 1. The quantitative estimate of drug-likeness (QED) is 0.413.